The summed E-state index contributed by atoms with van der Waals surface area (Å²) in [5.41, 5.74) is 5.72. The zero-order valence-electron chi connectivity index (χ0n) is 8.93. The molecule has 3 aliphatic carbocycles. The smallest absolute Gasteiger partial charge is 0.226 e. The molecule has 4 unspecified atom stereocenters. The number of likely N-dealkylation sites (tertiary alicyclic amines) is 1. The molecular weight excluding hydrogens is 188 g/mol. The summed E-state index contributed by atoms with van der Waals surface area (Å²) in [6, 6.07) is 0.254. The van der Waals surface area contributed by atoms with E-state index in [2.05, 4.69) is 0 Å². The third kappa shape index (κ3) is 0.975. The van der Waals surface area contributed by atoms with Crippen LogP contribution in [0.25, 0.3) is 0 Å². The summed E-state index contributed by atoms with van der Waals surface area (Å²) in [6.45, 7) is 1.62. The van der Waals surface area contributed by atoms with Gasteiger partial charge in [0, 0.05) is 25.0 Å². The molecule has 0 spiro atoms. The maximum Gasteiger partial charge on any atom is 0.226 e. The average molecular weight is 206 g/mol. The van der Waals surface area contributed by atoms with Crippen LogP contribution in [0.15, 0.2) is 0 Å². The lowest BCUT2D eigenvalue weighted by Crippen LogP contribution is -2.58. The Morgan fingerprint density at radius 2 is 1.73 bits per heavy atom. The zero-order chi connectivity index (χ0) is 10.2. The van der Waals surface area contributed by atoms with Crippen LogP contribution in [0, 0.1) is 29.6 Å². The Balaban J connectivity index is 1.47. The van der Waals surface area contributed by atoms with Gasteiger partial charge in [0.1, 0.15) is 0 Å². The van der Waals surface area contributed by atoms with Gasteiger partial charge in [0.15, 0.2) is 0 Å². The minimum absolute atomic E-state index is 0.254. The van der Waals surface area contributed by atoms with Crippen molar-refractivity contribution in [2.24, 2.45) is 35.3 Å². The van der Waals surface area contributed by atoms with Crippen LogP contribution in [0.5, 0.6) is 0 Å². The van der Waals surface area contributed by atoms with Crippen LogP contribution in [0.1, 0.15) is 19.3 Å². The van der Waals surface area contributed by atoms with Gasteiger partial charge in [-0.15, -0.1) is 0 Å². The van der Waals surface area contributed by atoms with E-state index in [0.29, 0.717) is 11.8 Å². The maximum absolute atomic E-state index is 12.1. The van der Waals surface area contributed by atoms with Crippen LogP contribution in [0.2, 0.25) is 0 Å². The molecule has 82 valence electrons. The SMILES string of the molecule is NC1CN(C(=O)C2C3C4CCC(C4)C23)C1. The monoisotopic (exact) mass is 206 g/mol. The van der Waals surface area contributed by atoms with Crippen LogP contribution < -0.4 is 5.73 Å². The first kappa shape index (κ1) is 8.57. The van der Waals surface area contributed by atoms with E-state index < -0.39 is 0 Å². The Morgan fingerprint density at radius 3 is 2.27 bits per heavy atom. The summed E-state index contributed by atoms with van der Waals surface area (Å²) in [7, 11) is 0. The molecule has 1 heterocycles. The van der Waals surface area contributed by atoms with Crippen molar-refractivity contribution < 1.29 is 4.79 Å². The van der Waals surface area contributed by atoms with Crippen molar-refractivity contribution >= 4 is 5.91 Å². The van der Waals surface area contributed by atoms with Gasteiger partial charge in [0.05, 0.1) is 0 Å². The van der Waals surface area contributed by atoms with Gasteiger partial charge >= 0.3 is 0 Å². The molecule has 3 nitrogen and oxygen atoms in total. The standard InChI is InChI=1S/C12H18N2O/c13-8-4-14(5-8)12(15)11-9-6-1-2-7(3-6)10(9)11/h6-11H,1-5,13H2. The van der Waals surface area contributed by atoms with Gasteiger partial charge in [-0.3, -0.25) is 4.79 Å². The second-order valence-corrected chi connectivity index (χ2v) is 6.02. The lowest BCUT2D eigenvalue weighted by atomic mass is 10.00. The lowest BCUT2D eigenvalue weighted by Gasteiger charge is -2.37. The molecule has 3 heteroatoms. The zero-order valence-corrected chi connectivity index (χ0v) is 8.93. The van der Waals surface area contributed by atoms with Crippen molar-refractivity contribution in [3.63, 3.8) is 0 Å². The Morgan fingerprint density at radius 1 is 1.13 bits per heavy atom. The molecule has 4 atom stereocenters. The van der Waals surface area contributed by atoms with E-state index in [4.69, 9.17) is 5.73 Å². The van der Waals surface area contributed by atoms with Gasteiger partial charge in [-0.25, -0.2) is 0 Å². The third-order valence-electron chi connectivity index (χ3n) is 5.24. The molecular formula is C12H18N2O. The van der Waals surface area contributed by atoms with Crippen molar-refractivity contribution in [1.82, 2.24) is 4.90 Å². The van der Waals surface area contributed by atoms with Gasteiger partial charge in [0.25, 0.3) is 0 Å². The minimum Gasteiger partial charge on any atom is -0.339 e. The fraction of sp³-hybridized carbons (Fsp3) is 0.917. The topological polar surface area (TPSA) is 46.3 Å². The minimum atomic E-state index is 0.254. The number of nitrogens with two attached hydrogens (primary N) is 1. The number of amides is 1. The van der Waals surface area contributed by atoms with Gasteiger partial charge < -0.3 is 10.6 Å². The highest BCUT2D eigenvalue weighted by atomic mass is 16.2. The molecule has 4 rings (SSSR count). The lowest BCUT2D eigenvalue weighted by molar-refractivity contribution is -0.138. The van der Waals surface area contributed by atoms with Crippen molar-refractivity contribution in [2.45, 2.75) is 25.3 Å². The number of hydrogen-bond acceptors (Lipinski definition) is 2. The molecule has 0 aromatic rings. The molecule has 4 fully saturated rings. The molecule has 0 aromatic carbocycles. The highest BCUT2D eigenvalue weighted by Crippen LogP contribution is 2.69. The highest BCUT2D eigenvalue weighted by molar-refractivity contribution is 5.83. The fourth-order valence-corrected chi connectivity index (χ4v) is 4.56. The van der Waals surface area contributed by atoms with E-state index in [1.807, 2.05) is 4.90 Å². The molecule has 1 amide bonds. The van der Waals surface area contributed by atoms with Crippen molar-refractivity contribution in [2.75, 3.05) is 13.1 Å². The molecule has 0 radical (unpaired) electrons. The largest absolute Gasteiger partial charge is 0.339 e. The first-order valence-electron chi connectivity index (χ1n) is 6.30. The van der Waals surface area contributed by atoms with E-state index in [-0.39, 0.29) is 6.04 Å². The number of carbonyl (C=O) groups excluding carboxylic acids is 1. The van der Waals surface area contributed by atoms with Crippen LogP contribution in [0.4, 0.5) is 0 Å². The molecule has 2 bridgehead atoms. The van der Waals surface area contributed by atoms with Gasteiger partial charge in [-0.05, 0) is 42.9 Å². The number of carbonyl (C=O) groups is 1. The Labute approximate surface area is 90.0 Å². The normalized spacial score (nSPS) is 51.5. The summed E-state index contributed by atoms with van der Waals surface area (Å²) in [5.74, 6) is 4.24. The van der Waals surface area contributed by atoms with Crippen molar-refractivity contribution in [3.8, 4) is 0 Å². The van der Waals surface area contributed by atoms with E-state index in [1.54, 1.807) is 0 Å². The average Bonchev–Trinajstić information content (AvgIpc) is 2.62. The number of nitrogens with zero attached hydrogens (tertiary/aromatic N) is 1. The quantitative estimate of drug-likeness (QED) is 0.677. The summed E-state index contributed by atoms with van der Waals surface area (Å²) in [4.78, 5) is 14.1. The van der Waals surface area contributed by atoms with Crippen LogP contribution in [-0.2, 0) is 4.79 Å². The molecule has 3 saturated carbocycles. The molecule has 4 aliphatic rings. The van der Waals surface area contributed by atoms with Gasteiger partial charge in [0.2, 0.25) is 5.91 Å². The molecule has 2 N–H and O–H groups in total. The molecule has 0 aromatic heterocycles. The summed E-state index contributed by atoms with van der Waals surface area (Å²) in [6.07, 6.45) is 4.23. The van der Waals surface area contributed by atoms with Crippen LogP contribution >= 0.6 is 0 Å². The first-order chi connectivity index (χ1) is 7.25. The van der Waals surface area contributed by atoms with E-state index >= 15 is 0 Å². The molecule has 15 heavy (non-hydrogen) atoms. The third-order valence-corrected chi connectivity index (χ3v) is 5.24. The van der Waals surface area contributed by atoms with Gasteiger partial charge in [-0.1, -0.05) is 0 Å². The van der Waals surface area contributed by atoms with E-state index in [0.717, 1.165) is 36.8 Å². The van der Waals surface area contributed by atoms with Crippen LogP contribution in [-0.4, -0.2) is 29.9 Å². The second kappa shape index (κ2) is 2.57. The molecule has 1 aliphatic heterocycles. The number of hydrogen-bond donors (Lipinski definition) is 1. The van der Waals surface area contributed by atoms with E-state index in [1.165, 1.54) is 19.3 Å². The summed E-state index contributed by atoms with van der Waals surface area (Å²) >= 11 is 0. The summed E-state index contributed by atoms with van der Waals surface area (Å²) < 4.78 is 0. The van der Waals surface area contributed by atoms with Crippen LogP contribution in [0.3, 0.4) is 0 Å². The maximum atomic E-state index is 12.1. The van der Waals surface area contributed by atoms with Crippen molar-refractivity contribution in [3.05, 3.63) is 0 Å². The molecule has 1 saturated heterocycles. The predicted octanol–water partition coefficient (Wildman–Crippen LogP) is 0.448. The number of fused-ring (bicyclic) bond motifs is 5. The Bertz CT molecular complexity index is 308. The number of rotatable bonds is 1. The van der Waals surface area contributed by atoms with Gasteiger partial charge in [-0.2, -0.15) is 0 Å². The predicted molar refractivity (Wildman–Crippen MR) is 55.9 cm³/mol. The highest BCUT2D eigenvalue weighted by Gasteiger charge is 2.68. The second-order valence-electron chi connectivity index (χ2n) is 6.02. The summed E-state index contributed by atoms with van der Waals surface area (Å²) in [5, 5.41) is 0. The first-order valence-corrected chi connectivity index (χ1v) is 6.30. The van der Waals surface area contributed by atoms with Crippen molar-refractivity contribution in [1.29, 1.82) is 0 Å². The Kier molecular flexibility index (Phi) is 1.47. The Hall–Kier alpha value is -0.570. The van der Waals surface area contributed by atoms with E-state index in [9.17, 15) is 4.79 Å². The fourth-order valence-electron chi connectivity index (χ4n) is 4.56.